The molecule has 2 nitrogen and oxygen atoms in total. The second-order valence-corrected chi connectivity index (χ2v) is 4.58. The maximum absolute atomic E-state index is 5.44. The Balaban J connectivity index is 1.97. The van der Waals surface area contributed by atoms with Gasteiger partial charge in [0.1, 0.15) is 5.76 Å². The van der Waals surface area contributed by atoms with Crippen molar-refractivity contribution in [3.8, 4) is 11.3 Å². The first kappa shape index (κ1) is 11.8. The molecule has 19 heavy (non-hydrogen) atoms. The summed E-state index contributed by atoms with van der Waals surface area (Å²) in [6, 6.07) is 18.8. The average molecular weight is 251 g/mol. The van der Waals surface area contributed by atoms with E-state index in [-0.39, 0.29) is 0 Å². The molecule has 0 spiro atoms. The molecule has 0 N–H and O–H groups in total. The van der Waals surface area contributed by atoms with Crippen LogP contribution in [0.5, 0.6) is 0 Å². The zero-order valence-corrected chi connectivity index (χ0v) is 11.0. The second kappa shape index (κ2) is 5.19. The first-order valence-corrected chi connectivity index (χ1v) is 6.64. The van der Waals surface area contributed by atoms with Crippen molar-refractivity contribution in [1.82, 2.24) is 4.57 Å². The van der Waals surface area contributed by atoms with Crippen molar-refractivity contribution in [3.05, 3.63) is 72.3 Å². The molecule has 0 aliphatic heterocycles. The highest BCUT2D eigenvalue weighted by Gasteiger charge is 2.09. The molecule has 3 rings (SSSR count). The van der Waals surface area contributed by atoms with Crippen molar-refractivity contribution >= 4 is 0 Å². The van der Waals surface area contributed by atoms with Crippen molar-refractivity contribution in [2.24, 2.45) is 0 Å². The summed E-state index contributed by atoms with van der Waals surface area (Å²) < 4.78 is 7.78. The molecule has 0 saturated carbocycles. The largest absolute Gasteiger partial charge is 0.469 e. The summed E-state index contributed by atoms with van der Waals surface area (Å²) in [5, 5.41) is 0. The lowest BCUT2D eigenvalue weighted by Gasteiger charge is -2.10. The number of benzene rings is 1. The number of aromatic nitrogens is 1. The van der Waals surface area contributed by atoms with Crippen LogP contribution in [0.25, 0.3) is 11.3 Å². The number of hydrogen-bond acceptors (Lipinski definition) is 1. The van der Waals surface area contributed by atoms with Gasteiger partial charge in [0.05, 0.1) is 6.26 Å². The lowest BCUT2D eigenvalue weighted by Crippen LogP contribution is -2.02. The van der Waals surface area contributed by atoms with E-state index in [2.05, 4.69) is 47.9 Å². The Kier molecular flexibility index (Phi) is 3.23. The second-order valence-electron chi connectivity index (χ2n) is 4.58. The topological polar surface area (TPSA) is 18.1 Å². The van der Waals surface area contributed by atoms with Crippen LogP contribution in [0.15, 0.2) is 65.3 Å². The Hall–Kier alpha value is -2.22. The minimum Gasteiger partial charge on any atom is -0.469 e. The van der Waals surface area contributed by atoms with Gasteiger partial charge in [-0.1, -0.05) is 30.3 Å². The van der Waals surface area contributed by atoms with Gasteiger partial charge in [-0.3, -0.25) is 0 Å². The van der Waals surface area contributed by atoms with Crippen LogP contribution in [0.2, 0.25) is 0 Å². The van der Waals surface area contributed by atoms with Crippen LogP contribution in [0, 0.1) is 0 Å². The Labute approximate surface area is 113 Å². The third-order valence-electron chi connectivity index (χ3n) is 3.39. The number of furan rings is 1. The zero-order chi connectivity index (χ0) is 13.1. The van der Waals surface area contributed by atoms with E-state index in [9.17, 15) is 0 Å². The first-order valence-electron chi connectivity index (χ1n) is 6.64. The summed E-state index contributed by atoms with van der Waals surface area (Å²) in [7, 11) is 0. The van der Waals surface area contributed by atoms with E-state index >= 15 is 0 Å². The molecular formula is C17H17NO. The van der Waals surface area contributed by atoms with Crippen LogP contribution >= 0.6 is 0 Å². The molecule has 0 aliphatic carbocycles. The van der Waals surface area contributed by atoms with Crippen LogP contribution in [0.1, 0.15) is 18.4 Å². The van der Waals surface area contributed by atoms with Gasteiger partial charge in [0.25, 0.3) is 0 Å². The van der Waals surface area contributed by atoms with Gasteiger partial charge in [0.15, 0.2) is 0 Å². The van der Waals surface area contributed by atoms with Gasteiger partial charge in [0.2, 0.25) is 0 Å². The molecule has 0 bridgehead atoms. The van der Waals surface area contributed by atoms with Crippen LogP contribution in [0.4, 0.5) is 0 Å². The molecule has 0 amide bonds. The Morgan fingerprint density at radius 1 is 0.947 bits per heavy atom. The van der Waals surface area contributed by atoms with E-state index in [0.717, 1.165) is 18.7 Å². The van der Waals surface area contributed by atoms with Gasteiger partial charge in [-0.25, -0.2) is 0 Å². The predicted molar refractivity (Wildman–Crippen MR) is 77.1 cm³/mol. The van der Waals surface area contributed by atoms with E-state index in [1.54, 1.807) is 6.26 Å². The fourth-order valence-electron chi connectivity index (χ4n) is 2.49. The quantitative estimate of drug-likeness (QED) is 0.673. The summed E-state index contributed by atoms with van der Waals surface area (Å²) in [6.07, 6.45) is 2.57. The van der Waals surface area contributed by atoms with Crippen molar-refractivity contribution in [2.45, 2.75) is 19.9 Å². The standard InChI is InChI=1S/C17H17NO/c1-2-18-15(13-16-9-6-12-19-16)10-11-17(18)14-7-4-3-5-8-14/h3-12H,2,13H2,1H3. The maximum atomic E-state index is 5.44. The molecule has 0 saturated heterocycles. The Bertz CT molecular complexity index is 635. The average Bonchev–Trinajstić information content (AvgIpc) is 3.09. The summed E-state index contributed by atoms with van der Waals surface area (Å²) in [6.45, 7) is 3.14. The summed E-state index contributed by atoms with van der Waals surface area (Å²) in [5.74, 6) is 1.01. The fraction of sp³-hybridized carbons (Fsp3) is 0.176. The summed E-state index contributed by atoms with van der Waals surface area (Å²) in [4.78, 5) is 0. The Morgan fingerprint density at radius 3 is 2.47 bits per heavy atom. The van der Waals surface area contributed by atoms with Crippen LogP contribution < -0.4 is 0 Å². The Morgan fingerprint density at radius 2 is 1.79 bits per heavy atom. The highest BCUT2D eigenvalue weighted by atomic mass is 16.3. The molecule has 1 aromatic carbocycles. The zero-order valence-electron chi connectivity index (χ0n) is 11.0. The molecule has 96 valence electrons. The molecule has 3 aromatic rings. The predicted octanol–water partition coefficient (Wildman–Crippen LogP) is 4.36. The van der Waals surface area contributed by atoms with E-state index < -0.39 is 0 Å². The SMILES string of the molecule is CCn1c(Cc2ccco2)ccc1-c1ccccc1. The summed E-state index contributed by atoms with van der Waals surface area (Å²) in [5.41, 5.74) is 3.82. The van der Waals surface area contributed by atoms with Crippen LogP contribution in [-0.4, -0.2) is 4.57 Å². The van der Waals surface area contributed by atoms with Crippen molar-refractivity contribution in [2.75, 3.05) is 0 Å². The first-order chi connectivity index (χ1) is 9.38. The molecule has 0 fully saturated rings. The van der Waals surface area contributed by atoms with Gasteiger partial charge >= 0.3 is 0 Å². The van der Waals surface area contributed by atoms with Crippen molar-refractivity contribution < 1.29 is 4.42 Å². The van der Waals surface area contributed by atoms with E-state index in [4.69, 9.17) is 4.42 Å². The van der Waals surface area contributed by atoms with Crippen molar-refractivity contribution in [1.29, 1.82) is 0 Å². The molecular weight excluding hydrogens is 234 g/mol. The lowest BCUT2D eigenvalue weighted by atomic mass is 10.1. The van der Waals surface area contributed by atoms with E-state index in [1.165, 1.54) is 17.0 Å². The van der Waals surface area contributed by atoms with E-state index in [1.807, 2.05) is 18.2 Å². The number of nitrogens with zero attached hydrogens (tertiary/aromatic N) is 1. The molecule has 0 aliphatic rings. The van der Waals surface area contributed by atoms with E-state index in [0.29, 0.717) is 0 Å². The minimum absolute atomic E-state index is 0.841. The summed E-state index contributed by atoms with van der Waals surface area (Å²) >= 11 is 0. The van der Waals surface area contributed by atoms with Gasteiger partial charge < -0.3 is 8.98 Å². The third-order valence-corrected chi connectivity index (χ3v) is 3.39. The smallest absolute Gasteiger partial charge is 0.109 e. The fourth-order valence-corrected chi connectivity index (χ4v) is 2.49. The lowest BCUT2D eigenvalue weighted by molar-refractivity contribution is 0.515. The maximum Gasteiger partial charge on any atom is 0.109 e. The van der Waals surface area contributed by atoms with Crippen LogP contribution in [0.3, 0.4) is 0 Å². The third kappa shape index (κ3) is 2.34. The molecule has 0 radical (unpaired) electrons. The van der Waals surface area contributed by atoms with Gasteiger partial charge in [-0.05, 0) is 36.8 Å². The highest BCUT2D eigenvalue weighted by Crippen LogP contribution is 2.24. The molecule has 0 atom stereocenters. The molecule has 2 heterocycles. The minimum atomic E-state index is 0.841. The van der Waals surface area contributed by atoms with Gasteiger partial charge in [-0.2, -0.15) is 0 Å². The highest BCUT2D eigenvalue weighted by molar-refractivity contribution is 5.60. The van der Waals surface area contributed by atoms with Gasteiger partial charge in [-0.15, -0.1) is 0 Å². The molecule has 2 heteroatoms. The molecule has 0 unspecified atom stereocenters. The normalized spacial score (nSPS) is 10.8. The number of rotatable bonds is 4. The van der Waals surface area contributed by atoms with Crippen molar-refractivity contribution in [3.63, 3.8) is 0 Å². The molecule has 2 aromatic heterocycles. The monoisotopic (exact) mass is 251 g/mol. The van der Waals surface area contributed by atoms with Crippen LogP contribution in [-0.2, 0) is 13.0 Å². The van der Waals surface area contributed by atoms with Gasteiger partial charge in [0, 0.05) is 24.4 Å². The number of hydrogen-bond donors (Lipinski definition) is 0.